The van der Waals surface area contributed by atoms with Gasteiger partial charge in [-0.15, -0.1) is 0 Å². The average molecular weight is 500 g/mol. The topological polar surface area (TPSA) is 107 Å². The first-order valence-electron chi connectivity index (χ1n) is 11.9. The molecule has 8 heteroatoms. The van der Waals surface area contributed by atoms with Crippen LogP contribution in [0.5, 0.6) is 0 Å². The number of ketones is 1. The summed E-state index contributed by atoms with van der Waals surface area (Å²) in [6, 6.07) is 16.9. The number of anilines is 1. The highest BCUT2D eigenvalue weighted by molar-refractivity contribution is 6.34. The number of hydrogen-bond acceptors (Lipinski definition) is 7. The van der Waals surface area contributed by atoms with E-state index < -0.39 is 30.4 Å². The predicted octanol–water partition coefficient (Wildman–Crippen LogP) is 4.79. The molecule has 0 bridgehead atoms. The third kappa shape index (κ3) is 5.48. The molecular weight excluding hydrogens is 474 g/mol. The Morgan fingerprint density at radius 3 is 2.00 bits per heavy atom. The van der Waals surface area contributed by atoms with Gasteiger partial charge >= 0.3 is 11.9 Å². The van der Waals surface area contributed by atoms with Crippen LogP contribution in [0.2, 0.25) is 0 Å². The van der Waals surface area contributed by atoms with E-state index in [-0.39, 0.29) is 28.2 Å². The summed E-state index contributed by atoms with van der Waals surface area (Å²) < 4.78 is 10.3. The zero-order chi connectivity index (χ0) is 26.5. The van der Waals surface area contributed by atoms with Gasteiger partial charge in [0.05, 0.1) is 34.5 Å². The number of esters is 2. The molecule has 8 nitrogen and oxygen atoms in total. The van der Waals surface area contributed by atoms with Crippen molar-refractivity contribution in [3.63, 3.8) is 0 Å². The summed E-state index contributed by atoms with van der Waals surface area (Å²) in [5, 5.41) is 0. The fourth-order valence-electron chi connectivity index (χ4n) is 3.78. The van der Waals surface area contributed by atoms with Crippen molar-refractivity contribution in [1.82, 2.24) is 0 Å². The lowest BCUT2D eigenvalue weighted by Gasteiger charge is -2.14. The highest BCUT2D eigenvalue weighted by Crippen LogP contribution is 2.29. The van der Waals surface area contributed by atoms with Crippen LogP contribution in [0.15, 0.2) is 66.7 Å². The van der Waals surface area contributed by atoms with Crippen LogP contribution in [0.25, 0.3) is 0 Å². The molecule has 1 aliphatic heterocycles. The summed E-state index contributed by atoms with van der Waals surface area (Å²) in [7, 11) is 0. The van der Waals surface area contributed by atoms with Crippen molar-refractivity contribution >= 4 is 35.2 Å². The van der Waals surface area contributed by atoms with Crippen molar-refractivity contribution in [3.8, 4) is 0 Å². The van der Waals surface area contributed by atoms with E-state index in [1.165, 1.54) is 42.5 Å². The molecule has 0 saturated heterocycles. The molecule has 3 aromatic carbocycles. The minimum atomic E-state index is -0.784. The van der Waals surface area contributed by atoms with Crippen LogP contribution in [-0.2, 0) is 9.47 Å². The molecule has 0 aliphatic carbocycles. The van der Waals surface area contributed by atoms with Gasteiger partial charge in [-0.2, -0.15) is 0 Å². The highest BCUT2D eigenvalue weighted by Gasteiger charge is 2.37. The lowest BCUT2D eigenvalue weighted by atomic mass is 10.1. The first-order valence-corrected chi connectivity index (χ1v) is 11.9. The number of benzene rings is 3. The van der Waals surface area contributed by atoms with Crippen molar-refractivity contribution in [2.45, 2.75) is 26.7 Å². The van der Waals surface area contributed by atoms with Crippen molar-refractivity contribution in [3.05, 3.63) is 100 Å². The van der Waals surface area contributed by atoms with E-state index in [2.05, 4.69) is 0 Å². The van der Waals surface area contributed by atoms with E-state index in [1.807, 2.05) is 13.8 Å². The van der Waals surface area contributed by atoms with Gasteiger partial charge in [-0.3, -0.25) is 14.4 Å². The summed E-state index contributed by atoms with van der Waals surface area (Å²) in [6.07, 6.45) is 1.66. The molecular formula is C29H25NO7. The Morgan fingerprint density at radius 1 is 0.730 bits per heavy atom. The minimum absolute atomic E-state index is 0.0450. The number of imide groups is 1. The molecule has 0 fully saturated rings. The number of amides is 2. The Morgan fingerprint density at radius 2 is 1.32 bits per heavy atom. The van der Waals surface area contributed by atoms with E-state index in [0.717, 1.165) is 23.3 Å². The Kier molecular flexibility index (Phi) is 7.57. The normalized spacial score (nSPS) is 12.3. The van der Waals surface area contributed by atoms with Crippen LogP contribution in [-0.4, -0.2) is 42.7 Å². The van der Waals surface area contributed by atoms with Gasteiger partial charge in [0.1, 0.15) is 0 Å². The maximum atomic E-state index is 13.1. The summed E-state index contributed by atoms with van der Waals surface area (Å²) in [4.78, 5) is 63.9. The molecule has 1 aliphatic rings. The number of fused-ring (bicyclic) bond motifs is 1. The van der Waals surface area contributed by atoms with Crippen LogP contribution in [0, 0.1) is 6.92 Å². The Labute approximate surface area is 213 Å². The third-order valence-corrected chi connectivity index (χ3v) is 5.92. The molecule has 0 unspecified atom stereocenters. The van der Waals surface area contributed by atoms with Gasteiger partial charge in [-0.05, 0) is 55.8 Å². The number of carbonyl (C=O) groups excluding carboxylic acids is 5. The molecule has 0 atom stereocenters. The van der Waals surface area contributed by atoms with E-state index in [4.69, 9.17) is 9.47 Å². The minimum Gasteiger partial charge on any atom is -0.462 e. The number of unbranched alkanes of at least 4 members (excludes halogenated alkanes) is 1. The monoisotopic (exact) mass is 499 g/mol. The number of ether oxygens (including phenoxy) is 2. The zero-order valence-electron chi connectivity index (χ0n) is 20.5. The smallest absolute Gasteiger partial charge is 0.338 e. The number of Topliss-reactive ketones (excluding diaryl/α,β-unsaturated/α-hetero) is 1. The SMILES string of the molecule is CCCCOC(=O)c1ccc(N2C(=O)c3ccc(C(=O)OCC(=O)c4ccc(C)cc4)cc3C2=O)cc1. The van der Waals surface area contributed by atoms with Crippen LogP contribution >= 0.6 is 0 Å². The third-order valence-electron chi connectivity index (χ3n) is 5.92. The van der Waals surface area contributed by atoms with Gasteiger partial charge in [-0.1, -0.05) is 43.2 Å². The number of carbonyl (C=O) groups is 5. The zero-order valence-corrected chi connectivity index (χ0v) is 20.5. The van der Waals surface area contributed by atoms with Crippen molar-refractivity contribution < 1.29 is 33.4 Å². The van der Waals surface area contributed by atoms with Crippen LogP contribution in [0.1, 0.15) is 77.1 Å². The van der Waals surface area contributed by atoms with Gasteiger partial charge in [0.15, 0.2) is 12.4 Å². The molecule has 37 heavy (non-hydrogen) atoms. The lowest BCUT2D eigenvalue weighted by molar-refractivity contribution is 0.0473. The second-order valence-electron chi connectivity index (χ2n) is 8.61. The largest absolute Gasteiger partial charge is 0.462 e. The first-order chi connectivity index (χ1) is 17.8. The van der Waals surface area contributed by atoms with Crippen molar-refractivity contribution in [2.75, 3.05) is 18.1 Å². The van der Waals surface area contributed by atoms with Gasteiger partial charge in [-0.25, -0.2) is 14.5 Å². The predicted molar refractivity (Wildman–Crippen MR) is 135 cm³/mol. The summed E-state index contributed by atoms with van der Waals surface area (Å²) in [6.45, 7) is 3.76. The number of aryl methyl sites for hydroxylation is 1. The fourth-order valence-corrected chi connectivity index (χ4v) is 3.78. The number of rotatable bonds is 9. The number of hydrogen-bond donors (Lipinski definition) is 0. The van der Waals surface area contributed by atoms with Gasteiger partial charge in [0, 0.05) is 5.56 Å². The first kappa shape index (κ1) is 25.5. The van der Waals surface area contributed by atoms with E-state index in [1.54, 1.807) is 24.3 Å². The maximum absolute atomic E-state index is 13.1. The molecule has 0 radical (unpaired) electrons. The Hall–Kier alpha value is -4.59. The Balaban J connectivity index is 1.44. The molecule has 188 valence electrons. The van der Waals surface area contributed by atoms with Crippen LogP contribution in [0.3, 0.4) is 0 Å². The quantitative estimate of drug-likeness (QED) is 0.180. The molecule has 0 aromatic heterocycles. The second kappa shape index (κ2) is 11.0. The van der Waals surface area contributed by atoms with Crippen molar-refractivity contribution in [2.24, 2.45) is 0 Å². The molecule has 0 spiro atoms. The van der Waals surface area contributed by atoms with E-state index in [9.17, 15) is 24.0 Å². The summed E-state index contributed by atoms with van der Waals surface area (Å²) in [5.41, 5.74) is 2.24. The van der Waals surface area contributed by atoms with E-state index >= 15 is 0 Å². The molecule has 0 N–H and O–H groups in total. The average Bonchev–Trinajstić information content (AvgIpc) is 3.16. The van der Waals surface area contributed by atoms with Crippen LogP contribution in [0.4, 0.5) is 5.69 Å². The van der Waals surface area contributed by atoms with Crippen LogP contribution < -0.4 is 4.90 Å². The standard InChI is InChI=1S/C29H25NO7/c1-3-4-15-36-28(34)20-9-12-22(13-10-20)30-26(32)23-14-11-21(16-24(23)27(30)33)29(35)37-17-25(31)19-7-5-18(2)6-8-19/h5-14,16H,3-4,15,17H2,1-2H3. The molecule has 2 amide bonds. The summed E-state index contributed by atoms with van der Waals surface area (Å²) in [5.74, 6) is -2.78. The second-order valence-corrected chi connectivity index (χ2v) is 8.61. The van der Waals surface area contributed by atoms with Gasteiger partial charge in [0.2, 0.25) is 0 Å². The Bertz CT molecular complexity index is 1370. The van der Waals surface area contributed by atoms with Gasteiger partial charge in [0.25, 0.3) is 11.8 Å². The lowest BCUT2D eigenvalue weighted by Crippen LogP contribution is -2.29. The highest BCUT2D eigenvalue weighted by atomic mass is 16.5. The van der Waals surface area contributed by atoms with Crippen molar-refractivity contribution in [1.29, 1.82) is 0 Å². The van der Waals surface area contributed by atoms with E-state index in [0.29, 0.717) is 17.7 Å². The fraction of sp³-hybridized carbons (Fsp3) is 0.207. The molecule has 4 rings (SSSR count). The molecule has 0 saturated carbocycles. The van der Waals surface area contributed by atoms with Gasteiger partial charge < -0.3 is 9.47 Å². The number of nitrogens with zero attached hydrogens (tertiary/aromatic N) is 1. The molecule has 3 aromatic rings. The summed E-state index contributed by atoms with van der Waals surface area (Å²) >= 11 is 0. The molecule has 1 heterocycles. The maximum Gasteiger partial charge on any atom is 0.338 e.